The van der Waals surface area contributed by atoms with Crippen LogP contribution in [0.3, 0.4) is 0 Å². The van der Waals surface area contributed by atoms with E-state index < -0.39 is 0 Å². The summed E-state index contributed by atoms with van der Waals surface area (Å²) in [6.45, 7) is 2.35. The molecule has 2 fully saturated rings. The molecule has 0 unspecified atom stereocenters. The molecular weight excluding hydrogens is 292 g/mol. The summed E-state index contributed by atoms with van der Waals surface area (Å²) < 4.78 is 0. The van der Waals surface area contributed by atoms with Crippen molar-refractivity contribution in [1.82, 2.24) is 4.90 Å². The second kappa shape index (κ2) is 8.38. The van der Waals surface area contributed by atoms with E-state index >= 15 is 0 Å². The van der Waals surface area contributed by atoms with Gasteiger partial charge in [-0.05, 0) is 58.3 Å². The molecule has 0 saturated heterocycles. The normalized spacial score (nSPS) is 21.8. The molecule has 134 valence electrons. The minimum atomic E-state index is 0.468. The van der Waals surface area contributed by atoms with Gasteiger partial charge in [0, 0.05) is 23.8 Å². The third-order valence-corrected chi connectivity index (χ3v) is 6.38. The zero-order valence-corrected chi connectivity index (χ0v) is 16.0. The van der Waals surface area contributed by atoms with Gasteiger partial charge in [0.05, 0.1) is 0 Å². The number of rotatable bonds is 5. The van der Waals surface area contributed by atoms with Crippen LogP contribution < -0.4 is 4.90 Å². The van der Waals surface area contributed by atoms with E-state index in [9.17, 15) is 0 Å². The molecule has 24 heavy (non-hydrogen) atoms. The van der Waals surface area contributed by atoms with Crippen molar-refractivity contribution >= 4 is 5.69 Å². The largest absolute Gasteiger partial charge is 0.365 e. The Labute approximate surface area is 149 Å². The van der Waals surface area contributed by atoms with Gasteiger partial charge in [-0.15, -0.1) is 0 Å². The van der Waals surface area contributed by atoms with Gasteiger partial charge in [-0.2, -0.15) is 0 Å². The Kier molecular flexibility index (Phi) is 6.21. The van der Waals surface area contributed by atoms with Crippen LogP contribution in [0, 0.1) is 0 Å². The summed E-state index contributed by atoms with van der Waals surface area (Å²) in [5.41, 5.74) is 3.04. The highest BCUT2D eigenvalue weighted by Crippen LogP contribution is 2.38. The molecule has 0 spiro atoms. The first-order valence-electron chi connectivity index (χ1n) is 10.2. The van der Waals surface area contributed by atoms with Crippen molar-refractivity contribution < 1.29 is 0 Å². The van der Waals surface area contributed by atoms with Crippen LogP contribution in [0.15, 0.2) is 24.3 Å². The van der Waals surface area contributed by atoms with Crippen LogP contribution in [0.2, 0.25) is 0 Å². The Morgan fingerprint density at radius 3 is 1.79 bits per heavy atom. The van der Waals surface area contributed by atoms with Gasteiger partial charge in [0.1, 0.15) is 0 Å². The molecule has 2 nitrogen and oxygen atoms in total. The van der Waals surface area contributed by atoms with Gasteiger partial charge in [-0.25, -0.2) is 0 Å². The molecule has 3 rings (SSSR count). The third kappa shape index (κ3) is 3.96. The molecule has 2 heteroatoms. The Morgan fingerprint density at radius 2 is 1.29 bits per heavy atom. The average Bonchev–Trinajstić information content (AvgIpc) is 2.63. The smallest absolute Gasteiger partial charge is 0.0419 e. The lowest BCUT2D eigenvalue weighted by Gasteiger charge is -2.45. The van der Waals surface area contributed by atoms with Crippen LogP contribution >= 0.6 is 0 Å². The Balaban J connectivity index is 1.95. The molecule has 1 aromatic rings. The molecule has 0 bridgehead atoms. The monoisotopic (exact) mass is 328 g/mol. The number of nitrogens with zero attached hydrogens (tertiary/aromatic N) is 2. The van der Waals surface area contributed by atoms with Crippen molar-refractivity contribution in [2.45, 2.75) is 89.3 Å². The van der Waals surface area contributed by atoms with Gasteiger partial charge in [0.2, 0.25) is 0 Å². The fourth-order valence-corrected chi connectivity index (χ4v) is 4.76. The molecule has 0 aromatic heterocycles. The van der Waals surface area contributed by atoms with Crippen LogP contribution in [-0.4, -0.2) is 31.1 Å². The fourth-order valence-electron chi connectivity index (χ4n) is 4.76. The van der Waals surface area contributed by atoms with E-state index in [0.29, 0.717) is 6.04 Å². The number of benzene rings is 1. The van der Waals surface area contributed by atoms with Crippen LogP contribution in [0.4, 0.5) is 5.69 Å². The highest BCUT2D eigenvalue weighted by atomic mass is 15.2. The van der Waals surface area contributed by atoms with Crippen molar-refractivity contribution in [1.29, 1.82) is 0 Å². The molecule has 0 heterocycles. The lowest BCUT2D eigenvalue weighted by Crippen LogP contribution is -2.46. The summed E-state index contributed by atoms with van der Waals surface area (Å²) in [5, 5.41) is 0. The maximum absolute atomic E-state index is 2.88. The minimum Gasteiger partial charge on any atom is -0.365 e. The number of hydrogen-bond acceptors (Lipinski definition) is 2. The van der Waals surface area contributed by atoms with Gasteiger partial charge in [-0.3, -0.25) is 0 Å². The van der Waals surface area contributed by atoms with Crippen molar-refractivity contribution in [2.24, 2.45) is 0 Å². The van der Waals surface area contributed by atoms with E-state index in [1.807, 2.05) is 0 Å². The molecule has 0 radical (unpaired) electrons. The summed E-state index contributed by atoms with van der Waals surface area (Å²) in [5.74, 6) is 0. The molecule has 0 N–H and O–H groups in total. The van der Waals surface area contributed by atoms with Gasteiger partial charge < -0.3 is 9.80 Å². The predicted molar refractivity (Wildman–Crippen MR) is 105 cm³/mol. The third-order valence-electron chi connectivity index (χ3n) is 6.38. The first kappa shape index (κ1) is 17.8. The molecular formula is C22H36N2. The molecule has 1 aromatic carbocycles. The molecule has 1 atom stereocenters. The summed E-state index contributed by atoms with van der Waals surface area (Å²) in [4.78, 5) is 5.23. The summed E-state index contributed by atoms with van der Waals surface area (Å²) in [7, 11) is 4.40. The maximum atomic E-state index is 2.88. The van der Waals surface area contributed by atoms with Crippen molar-refractivity contribution in [3.05, 3.63) is 29.8 Å². The van der Waals surface area contributed by atoms with Crippen molar-refractivity contribution in [3.63, 3.8) is 0 Å². The Hall–Kier alpha value is -1.02. The lowest BCUT2D eigenvalue weighted by molar-refractivity contribution is 0.314. The summed E-state index contributed by atoms with van der Waals surface area (Å²) in [6.07, 6.45) is 14.1. The second-order valence-corrected chi connectivity index (χ2v) is 8.19. The summed E-state index contributed by atoms with van der Waals surface area (Å²) in [6, 6.07) is 11.2. The van der Waals surface area contributed by atoms with E-state index in [0.717, 1.165) is 12.1 Å². The fraction of sp³-hybridized carbons (Fsp3) is 0.727. The van der Waals surface area contributed by atoms with Gasteiger partial charge >= 0.3 is 0 Å². The highest BCUT2D eigenvalue weighted by molar-refractivity contribution is 5.56. The molecule has 0 aliphatic heterocycles. The summed E-state index contributed by atoms with van der Waals surface area (Å²) >= 11 is 0. The second-order valence-electron chi connectivity index (χ2n) is 8.19. The van der Waals surface area contributed by atoms with Crippen LogP contribution in [-0.2, 0) is 0 Å². The standard InChI is InChI=1S/C22H36N2/c1-18(23(2)3)21-16-10-11-17-22(21)24(19-12-6-4-7-13-19)20-14-8-5-9-15-20/h10-11,16-20H,4-9,12-15H2,1-3H3/t18-/m1/s1. The zero-order valence-electron chi connectivity index (χ0n) is 16.0. The Morgan fingerprint density at radius 1 is 0.792 bits per heavy atom. The molecule has 2 aliphatic carbocycles. The Bertz CT molecular complexity index is 480. The van der Waals surface area contributed by atoms with E-state index in [-0.39, 0.29) is 0 Å². The zero-order chi connectivity index (χ0) is 16.9. The van der Waals surface area contributed by atoms with Gasteiger partial charge in [-0.1, -0.05) is 56.7 Å². The number of hydrogen-bond donors (Lipinski definition) is 0. The van der Waals surface area contributed by atoms with E-state index in [1.165, 1.54) is 75.5 Å². The first-order chi connectivity index (χ1) is 11.7. The van der Waals surface area contributed by atoms with E-state index in [2.05, 4.69) is 55.1 Å². The van der Waals surface area contributed by atoms with E-state index in [4.69, 9.17) is 0 Å². The molecule has 0 amide bonds. The first-order valence-corrected chi connectivity index (χ1v) is 10.2. The van der Waals surface area contributed by atoms with Gasteiger partial charge in [0.15, 0.2) is 0 Å². The van der Waals surface area contributed by atoms with Crippen LogP contribution in [0.25, 0.3) is 0 Å². The van der Waals surface area contributed by atoms with Crippen LogP contribution in [0.1, 0.15) is 82.7 Å². The quantitative estimate of drug-likeness (QED) is 0.676. The maximum Gasteiger partial charge on any atom is 0.0419 e. The van der Waals surface area contributed by atoms with Gasteiger partial charge in [0.25, 0.3) is 0 Å². The van der Waals surface area contributed by atoms with E-state index in [1.54, 1.807) is 0 Å². The molecule has 2 saturated carbocycles. The average molecular weight is 329 g/mol. The SMILES string of the molecule is C[C@H](c1ccccc1N(C1CCCCC1)C1CCCCC1)N(C)C. The van der Waals surface area contributed by atoms with Crippen LogP contribution in [0.5, 0.6) is 0 Å². The predicted octanol–water partition coefficient (Wildman–Crippen LogP) is 5.78. The van der Waals surface area contributed by atoms with Crippen molar-refractivity contribution in [3.8, 4) is 0 Å². The number of para-hydroxylation sites is 1. The minimum absolute atomic E-state index is 0.468. The topological polar surface area (TPSA) is 6.48 Å². The highest BCUT2D eigenvalue weighted by Gasteiger charge is 2.31. The van der Waals surface area contributed by atoms with Crippen molar-refractivity contribution in [2.75, 3.05) is 19.0 Å². The lowest BCUT2D eigenvalue weighted by atomic mass is 9.87. The molecule has 2 aliphatic rings. The number of anilines is 1.